The number of anilines is 2. The van der Waals surface area contributed by atoms with Crippen LogP contribution in [0.15, 0.2) is 42.5 Å². The molecule has 4 heteroatoms. The Hall–Kier alpha value is -2.10. The number of rotatable bonds is 4. The van der Waals surface area contributed by atoms with Gasteiger partial charge in [-0.2, -0.15) is 0 Å². The van der Waals surface area contributed by atoms with Crippen LogP contribution in [-0.2, 0) is 6.42 Å². The highest BCUT2D eigenvalue weighted by Gasteiger charge is 2.01. The van der Waals surface area contributed by atoms with Crippen LogP contribution in [0.1, 0.15) is 5.56 Å². The molecule has 0 spiro atoms. The molecule has 2 aromatic carbocycles. The number of benzene rings is 2. The van der Waals surface area contributed by atoms with Crippen LogP contribution in [0.2, 0.25) is 0 Å². The number of nitrogens with two attached hydrogens (primary N) is 1. The molecule has 0 aliphatic heterocycles. The molecule has 0 atom stereocenters. The van der Waals surface area contributed by atoms with Crippen molar-refractivity contribution in [2.45, 2.75) is 6.42 Å². The Bertz CT molecular complexity index is 541. The summed E-state index contributed by atoms with van der Waals surface area (Å²) in [5.41, 5.74) is 7.65. The van der Waals surface area contributed by atoms with Crippen LogP contribution < -0.4 is 11.1 Å². The van der Waals surface area contributed by atoms with Gasteiger partial charge in [-0.25, -0.2) is 8.78 Å². The number of hydrogen-bond donors (Lipinski definition) is 2. The Morgan fingerprint density at radius 1 is 1.00 bits per heavy atom. The molecule has 0 aliphatic rings. The maximum Gasteiger partial charge on any atom is 0.125 e. The van der Waals surface area contributed by atoms with Crippen LogP contribution in [0, 0.1) is 11.6 Å². The van der Waals surface area contributed by atoms with Gasteiger partial charge in [0, 0.05) is 6.54 Å². The van der Waals surface area contributed by atoms with Crippen molar-refractivity contribution in [2.75, 3.05) is 17.6 Å². The summed E-state index contributed by atoms with van der Waals surface area (Å²) in [6, 6.07) is 10.6. The molecular formula is C14H14F2N2. The van der Waals surface area contributed by atoms with Crippen molar-refractivity contribution in [1.82, 2.24) is 0 Å². The zero-order valence-corrected chi connectivity index (χ0v) is 9.79. The maximum atomic E-state index is 13.0. The van der Waals surface area contributed by atoms with Crippen molar-refractivity contribution in [2.24, 2.45) is 0 Å². The first kappa shape index (κ1) is 12.4. The van der Waals surface area contributed by atoms with E-state index < -0.39 is 0 Å². The zero-order chi connectivity index (χ0) is 13.0. The topological polar surface area (TPSA) is 38.0 Å². The summed E-state index contributed by atoms with van der Waals surface area (Å²) in [5.74, 6) is -0.588. The van der Waals surface area contributed by atoms with Gasteiger partial charge in [0.05, 0.1) is 11.4 Å². The third kappa shape index (κ3) is 3.20. The molecule has 0 aromatic heterocycles. The minimum Gasteiger partial charge on any atom is -0.397 e. The Labute approximate surface area is 104 Å². The number of hydrogen-bond acceptors (Lipinski definition) is 2. The third-order valence-electron chi connectivity index (χ3n) is 2.63. The van der Waals surface area contributed by atoms with E-state index in [1.54, 1.807) is 6.07 Å². The second-order valence-electron chi connectivity index (χ2n) is 4.04. The first-order chi connectivity index (χ1) is 8.65. The molecule has 0 radical (unpaired) electrons. The quantitative estimate of drug-likeness (QED) is 0.815. The number of nitrogen functional groups attached to an aromatic ring is 1. The normalized spacial score (nSPS) is 10.3. The van der Waals surface area contributed by atoms with Gasteiger partial charge in [0.15, 0.2) is 0 Å². The fourth-order valence-corrected chi connectivity index (χ4v) is 1.72. The molecule has 0 saturated carbocycles. The van der Waals surface area contributed by atoms with Gasteiger partial charge in [-0.05, 0) is 42.3 Å². The van der Waals surface area contributed by atoms with Crippen LogP contribution >= 0.6 is 0 Å². The molecule has 18 heavy (non-hydrogen) atoms. The first-order valence-electron chi connectivity index (χ1n) is 5.68. The lowest BCUT2D eigenvalue weighted by atomic mass is 10.1. The van der Waals surface area contributed by atoms with Gasteiger partial charge in [0.1, 0.15) is 11.6 Å². The second kappa shape index (κ2) is 5.49. The molecule has 94 valence electrons. The molecule has 0 aliphatic carbocycles. The molecule has 0 heterocycles. The van der Waals surface area contributed by atoms with E-state index in [2.05, 4.69) is 5.32 Å². The predicted molar refractivity (Wildman–Crippen MR) is 69.4 cm³/mol. The summed E-state index contributed by atoms with van der Waals surface area (Å²) in [7, 11) is 0. The highest BCUT2D eigenvalue weighted by atomic mass is 19.1. The van der Waals surface area contributed by atoms with Crippen molar-refractivity contribution in [3.8, 4) is 0 Å². The largest absolute Gasteiger partial charge is 0.397 e. The van der Waals surface area contributed by atoms with E-state index in [9.17, 15) is 8.78 Å². The fourth-order valence-electron chi connectivity index (χ4n) is 1.72. The lowest BCUT2D eigenvalue weighted by molar-refractivity contribution is 0.625. The van der Waals surface area contributed by atoms with E-state index in [4.69, 9.17) is 5.73 Å². The number of nitrogens with one attached hydrogen (secondary N) is 1. The Morgan fingerprint density at radius 2 is 1.78 bits per heavy atom. The summed E-state index contributed by atoms with van der Waals surface area (Å²) >= 11 is 0. The van der Waals surface area contributed by atoms with Gasteiger partial charge in [0.2, 0.25) is 0 Å². The molecule has 0 bridgehead atoms. The van der Waals surface area contributed by atoms with E-state index >= 15 is 0 Å². The second-order valence-corrected chi connectivity index (χ2v) is 4.04. The van der Waals surface area contributed by atoms with Gasteiger partial charge in [-0.3, -0.25) is 0 Å². The molecular weight excluding hydrogens is 234 g/mol. The van der Waals surface area contributed by atoms with Crippen LogP contribution in [0.3, 0.4) is 0 Å². The van der Waals surface area contributed by atoms with Crippen LogP contribution in [-0.4, -0.2) is 6.54 Å². The maximum absolute atomic E-state index is 13.0. The zero-order valence-electron chi connectivity index (χ0n) is 9.79. The summed E-state index contributed by atoms with van der Waals surface area (Å²) < 4.78 is 25.9. The molecule has 2 rings (SSSR count). The van der Waals surface area contributed by atoms with Crippen molar-refractivity contribution >= 4 is 11.4 Å². The van der Waals surface area contributed by atoms with Crippen LogP contribution in [0.25, 0.3) is 0 Å². The Balaban J connectivity index is 1.94. The molecule has 3 N–H and O–H groups in total. The van der Waals surface area contributed by atoms with E-state index in [-0.39, 0.29) is 11.6 Å². The van der Waals surface area contributed by atoms with Gasteiger partial charge >= 0.3 is 0 Å². The predicted octanol–water partition coefficient (Wildman–Crippen LogP) is 3.20. The highest BCUT2D eigenvalue weighted by Crippen LogP contribution is 2.19. The van der Waals surface area contributed by atoms with Crippen molar-refractivity contribution < 1.29 is 8.78 Å². The summed E-state index contributed by atoms with van der Waals surface area (Å²) in [5, 5.41) is 3.03. The van der Waals surface area contributed by atoms with Gasteiger partial charge in [0.25, 0.3) is 0 Å². The van der Waals surface area contributed by atoms with Gasteiger partial charge < -0.3 is 11.1 Å². The van der Waals surface area contributed by atoms with Gasteiger partial charge in [-0.15, -0.1) is 0 Å². The summed E-state index contributed by atoms with van der Waals surface area (Å²) in [6.07, 6.45) is 0.647. The molecule has 2 aromatic rings. The van der Waals surface area contributed by atoms with Crippen molar-refractivity contribution in [1.29, 1.82) is 0 Å². The van der Waals surface area contributed by atoms with Gasteiger partial charge in [-0.1, -0.05) is 12.1 Å². The molecule has 0 amide bonds. The molecule has 2 nitrogen and oxygen atoms in total. The lowest BCUT2D eigenvalue weighted by Gasteiger charge is -2.09. The minimum absolute atomic E-state index is 0.252. The lowest BCUT2D eigenvalue weighted by Crippen LogP contribution is -2.07. The number of halogens is 2. The first-order valence-corrected chi connectivity index (χ1v) is 5.68. The highest BCUT2D eigenvalue weighted by molar-refractivity contribution is 5.65. The molecule has 0 fully saturated rings. The van der Waals surface area contributed by atoms with Crippen molar-refractivity contribution in [3.63, 3.8) is 0 Å². The average Bonchev–Trinajstić information content (AvgIpc) is 2.34. The Kier molecular flexibility index (Phi) is 3.77. The van der Waals surface area contributed by atoms with E-state index in [0.29, 0.717) is 24.3 Å². The third-order valence-corrected chi connectivity index (χ3v) is 2.63. The van der Waals surface area contributed by atoms with E-state index in [1.807, 2.05) is 6.07 Å². The van der Waals surface area contributed by atoms with Crippen molar-refractivity contribution in [3.05, 3.63) is 59.7 Å². The van der Waals surface area contributed by atoms with E-state index in [0.717, 1.165) is 5.56 Å². The fraction of sp³-hybridized carbons (Fsp3) is 0.143. The summed E-state index contributed by atoms with van der Waals surface area (Å²) in [6.45, 7) is 0.567. The monoisotopic (exact) mass is 248 g/mol. The molecule has 0 unspecified atom stereocenters. The SMILES string of the molecule is Nc1ccc(F)cc1NCCc1cccc(F)c1. The average molecular weight is 248 g/mol. The minimum atomic E-state index is -0.336. The molecule has 0 saturated heterocycles. The smallest absolute Gasteiger partial charge is 0.125 e. The van der Waals surface area contributed by atoms with Crippen LogP contribution in [0.5, 0.6) is 0 Å². The van der Waals surface area contributed by atoms with Crippen LogP contribution in [0.4, 0.5) is 20.2 Å². The summed E-state index contributed by atoms with van der Waals surface area (Å²) in [4.78, 5) is 0. The standard InChI is InChI=1S/C14H14F2N2/c15-11-3-1-2-10(8-11)6-7-18-14-9-12(16)4-5-13(14)17/h1-5,8-9,18H,6-7,17H2. The van der Waals surface area contributed by atoms with E-state index in [1.165, 1.54) is 30.3 Å². The Morgan fingerprint density at radius 3 is 2.56 bits per heavy atom.